The number of halogens is 1. The monoisotopic (exact) mass is 293 g/mol. The Morgan fingerprint density at radius 3 is 2.82 bits per heavy atom. The molecule has 1 heterocycles. The second-order valence-electron chi connectivity index (χ2n) is 3.43. The van der Waals surface area contributed by atoms with Gasteiger partial charge >= 0.3 is 0 Å². The molecule has 2 rings (SSSR count). The van der Waals surface area contributed by atoms with Gasteiger partial charge in [0.1, 0.15) is 5.75 Å². The molecule has 2 N–H and O–H groups in total. The van der Waals surface area contributed by atoms with E-state index in [9.17, 15) is 0 Å². The van der Waals surface area contributed by atoms with Crippen LogP contribution < -0.4 is 10.5 Å². The molecule has 4 nitrogen and oxygen atoms in total. The van der Waals surface area contributed by atoms with E-state index in [0.717, 1.165) is 21.5 Å². The Kier molecular flexibility index (Phi) is 3.71. The number of aromatic nitrogens is 2. The highest BCUT2D eigenvalue weighted by Gasteiger charge is 2.06. The van der Waals surface area contributed by atoms with Crippen LogP contribution >= 0.6 is 15.9 Å². The maximum atomic E-state index is 5.55. The lowest BCUT2D eigenvalue weighted by Crippen LogP contribution is -2.01. The van der Waals surface area contributed by atoms with Crippen molar-refractivity contribution in [2.75, 3.05) is 7.11 Å². The van der Waals surface area contributed by atoms with Crippen molar-refractivity contribution in [3.63, 3.8) is 0 Å². The Morgan fingerprint density at radius 1 is 1.35 bits per heavy atom. The summed E-state index contributed by atoms with van der Waals surface area (Å²) in [4.78, 5) is 8.59. The molecule has 0 aliphatic rings. The van der Waals surface area contributed by atoms with Gasteiger partial charge in [0, 0.05) is 18.3 Å². The van der Waals surface area contributed by atoms with E-state index >= 15 is 0 Å². The van der Waals surface area contributed by atoms with Gasteiger partial charge in [-0.1, -0.05) is 0 Å². The minimum atomic E-state index is 0.410. The summed E-state index contributed by atoms with van der Waals surface area (Å²) in [5.41, 5.74) is 7.30. The third-order valence-electron chi connectivity index (χ3n) is 2.33. The number of hydrogen-bond acceptors (Lipinski definition) is 4. The summed E-state index contributed by atoms with van der Waals surface area (Å²) in [5, 5.41) is 0. The number of nitrogens with zero attached hydrogens (tertiary/aromatic N) is 2. The minimum Gasteiger partial charge on any atom is -0.496 e. The molecule has 17 heavy (non-hydrogen) atoms. The molecule has 1 aromatic heterocycles. The summed E-state index contributed by atoms with van der Waals surface area (Å²) in [6, 6.07) is 7.52. The first-order valence-corrected chi connectivity index (χ1v) is 5.90. The van der Waals surface area contributed by atoms with Crippen molar-refractivity contribution in [2.24, 2.45) is 5.73 Å². The van der Waals surface area contributed by atoms with E-state index < -0.39 is 0 Å². The number of ether oxygens (including phenoxy) is 1. The zero-order chi connectivity index (χ0) is 12.3. The molecule has 0 fully saturated rings. The molecule has 0 atom stereocenters. The Morgan fingerprint density at radius 2 is 2.18 bits per heavy atom. The minimum absolute atomic E-state index is 0.410. The van der Waals surface area contributed by atoms with E-state index in [2.05, 4.69) is 25.9 Å². The highest BCUT2D eigenvalue weighted by Crippen LogP contribution is 2.28. The Balaban J connectivity index is 2.42. The van der Waals surface area contributed by atoms with Crippen LogP contribution in [-0.2, 0) is 6.54 Å². The third-order valence-corrected chi connectivity index (χ3v) is 2.95. The second kappa shape index (κ2) is 5.25. The zero-order valence-electron chi connectivity index (χ0n) is 9.35. The van der Waals surface area contributed by atoms with Crippen LogP contribution in [0.4, 0.5) is 0 Å². The zero-order valence-corrected chi connectivity index (χ0v) is 10.9. The number of nitrogens with two attached hydrogens (primary N) is 1. The summed E-state index contributed by atoms with van der Waals surface area (Å²) in [5.74, 6) is 1.44. The van der Waals surface area contributed by atoms with Gasteiger partial charge in [0.2, 0.25) is 0 Å². The maximum Gasteiger partial charge on any atom is 0.159 e. The predicted molar refractivity (Wildman–Crippen MR) is 69.6 cm³/mol. The summed E-state index contributed by atoms with van der Waals surface area (Å²) in [7, 11) is 1.63. The van der Waals surface area contributed by atoms with Crippen LogP contribution in [0.2, 0.25) is 0 Å². The normalized spacial score (nSPS) is 10.3. The van der Waals surface area contributed by atoms with Crippen molar-refractivity contribution in [1.82, 2.24) is 9.97 Å². The van der Waals surface area contributed by atoms with Crippen LogP contribution in [-0.4, -0.2) is 17.1 Å². The van der Waals surface area contributed by atoms with E-state index in [1.54, 1.807) is 13.3 Å². The maximum absolute atomic E-state index is 5.55. The first-order valence-electron chi connectivity index (χ1n) is 5.10. The number of hydrogen-bond donors (Lipinski definition) is 1. The Bertz CT molecular complexity index is 531. The van der Waals surface area contributed by atoms with Crippen LogP contribution in [0, 0.1) is 0 Å². The molecule has 0 bridgehead atoms. The molecular formula is C12H12BrN3O. The topological polar surface area (TPSA) is 61.0 Å². The molecule has 0 spiro atoms. The number of methoxy groups -OCH3 is 1. The number of benzene rings is 1. The average Bonchev–Trinajstić information content (AvgIpc) is 2.38. The Labute approximate surface area is 108 Å². The van der Waals surface area contributed by atoms with Gasteiger partial charge in [-0.05, 0) is 40.2 Å². The van der Waals surface area contributed by atoms with Crippen LogP contribution in [0.25, 0.3) is 11.4 Å². The number of rotatable bonds is 3. The van der Waals surface area contributed by atoms with E-state index in [1.807, 2.05) is 24.3 Å². The van der Waals surface area contributed by atoms with Gasteiger partial charge in [-0.15, -0.1) is 0 Å². The van der Waals surface area contributed by atoms with Crippen molar-refractivity contribution in [3.05, 3.63) is 40.6 Å². The van der Waals surface area contributed by atoms with E-state index in [1.165, 1.54) is 0 Å². The van der Waals surface area contributed by atoms with Gasteiger partial charge in [0.25, 0.3) is 0 Å². The summed E-state index contributed by atoms with van der Waals surface area (Å²) in [6.07, 6.45) is 1.71. The Hall–Kier alpha value is -1.46. The van der Waals surface area contributed by atoms with Crippen molar-refractivity contribution >= 4 is 15.9 Å². The molecule has 2 aromatic rings. The van der Waals surface area contributed by atoms with E-state index in [-0.39, 0.29) is 0 Å². The third kappa shape index (κ3) is 2.62. The smallest absolute Gasteiger partial charge is 0.159 e. The second-order valence-corrected chi connectivity index (χ2v) is 4.28. The molecule has 0 amide bonds. The summed E-state index contributed by atoms with van der Waals surface area (Å²) >= 11 is 3.43. The molecule has 0 aliphatic carbocycles. The van der Waals surface area contributed by atoms with Gasteiger partial charge < -0.3 is 10.5 Å². The standard InChI is InChI=1S/C12H12BrN3O/c1-17-11-3-2-8(6-10(11)13)12-15-5-4-9(7-14)16-12/h2-6H,7,14H2,1H3. The van der Waals surface area contributed by atoms with Gasteiger partial charge in [0.15, 0.2) is 5.82 Å². The first-order chi connectivity index (χ1) is 8.24. The molecule has 0 aliphatic heterocycles. The SMILES string of the molecule is COc1ccc(-c2nccc(CN)n2)cc1Br. The fourth-order valence-corrected chi connectivity index (χ4v) is 1.99. The molecule has 0 unspecified atom stereocenters. The van der Waals surface area contributed by atoms with Crippen molar-refractivity contribution in [2.45, 2.75) is 6.54 Å². The highest BCUT2D eigenvalue weighted by molar-refractivity contribution is 9.10. The molecule has 88 valence electrons. The van der Waals surface area contributed by atoms with Gasteiger partial charge in [-0.3, -0.25) is 0 Å². The van der Waals surface area contributed by atoms with E-state index in [4.69, 9.17) is 10.5 Å². The summed E-state index contributed by atoms with van der Waals surface area (Å²) in [6.45, 7) is 0.410. The molecule has 0 saturated heterocycles. The lowest BCUT2D eigenvalue weighted by Gasteiger charge is -2.06. The fourth-order valence-electron chi connectivity index (χ4n) is 1.45. The quantitative estimate of drug-likeness (QED) is 0.944. The van der Waals surface area contributed by atoms with Crippen molar-refractivity contribution in [3.8, 4) is 17.1 Å². The van der Waals surface area contributed by atoms with Crippen LogP contribution in [0.5, 0.6) is 5.75 Å². The van der Waals surface area contributed by atoms with Gasteiger partial charge in [0.05, 0.1) is 17.3 Å². The lowest BCUT2D eigenvalue weighted by molar-refractivity contribution is 0.412. The van der Waals surface area contributed by atoms with Crippen molar-refractivity contribution < 1.29 is 4.74 Å². The molecule has 0 saturated carbocycles. The van der Waals surface area contributed by atoms with Gasteiger partial charge in [-0.25, -0.2) is 9.97 Å². The van der Waals surface area contributed by atoms with Crippen LogP contribution in [0.15, 0.2) is 34.9 Å². The van der Waals surface area contributed by atoms with Gasteiger partial charge in [-0.2, -0.15) is 0 Å². The largest absolute Gasteiger partial charge is 0.496 e. The lowest BCUT2D eigenvalue weighted by atomic mass is 10.2. The first kappa shape index (κ1) is 12.0. The predicted octanol–water partition coefficient (Wildman–Crippen LogP) is 2.37. The van der Waals surface area contributed by atoms with Crippen LogP contribution in [0.3, 0.4) is 0 Å². The molecule has 5 heteroatoms. The van der Waals surface area contributed by atoms with E-state index in [0.29, 0.717) is 12.4 Å². The van der Waals surface area contributed by atoms with Crippen LogP contribution in [0.1, 0.15) is 5.69 Å². The van der Waals surface area contributed by atoms with Crippen molar-refractivity contribution in [1.29, 1.82) is 0 Å². The fraction of sp³-hybridized carbons (Fsp3) is 0.167. The highest BCUT2D eigenvalue weighted by atomic mass is 79.9. The molecule has 1 aromatic carbocycles. The molecular weight excluding hydrogens is 282 g/mol. The average molecular weight is 294 g/mol. The molecule has 0 radical (unpaired) electrons. The summed E-state index contributed by atoms with van der Waals surface area (Å²) < 4.78 is 6.05.